The second-order valence-electron chi connectivity index (χ2n) is 8.75. The van der Waals surface area contributed by atoms with Crippen molar-refractivity contribution in [3.63, 3.8) is 0 Å². The molecule has 0 spiro atoms. The summed E-state index contributed by atoms with van der Waals surface area (Å²) >= 11 is 0. The number of imide groups is 1. The maximum atomic E-state index is 14.1. The quantitative estimate of drug-likeness (QED) is 0.603. The van der Waals surface area contributed by atoms with E-state index in [1.165, 1.54) is 0 Å². The lowest BCUT2D eigenvalue weighted by atomic mass is 9.83. The van der Waals surface area contributed by atoms with E-state index in [0.29, 0.717) is 11.3 Å². The van der Waals surface area contributed by atoms with Gasteiger partial charge in [0.15, 0.2) is 5.54 Å². The highest BCUT2D eigenvalue weighted by molar-refractivity contribution is 6.23. The van der Waals surface area contributed by atoms with E-state index in [-0.39, 0.29) is 0 Å². The van der Waals surface area contributed by atoms with Crippen molar-refractivity contribution >= 4 is 23.4 Å². The maximum absolute atomic E-state index is 14.1. The van der Waals surface area contributed by atoms with Gasteiger partial charge in [0.1, 0.15) is 5.60 Å². The molecular weight excluding hydrogens is 388 g/mol. The number of anilines is 2. The van der Waals surface area contributed by atoms with Crippen LogP contribution in [0.4, 0.5) is 16.2 Å². The van der Waals surface area contributed by atoms with Crippen LogP contribution in [0.25, 0.3) is 0 Å². The van der Waals surface area contributed by atoms with Gasteiger partial charge in [-0.15, -0.1) is 0 Å². The first-order valence-electron chi connectivity index (χ1n) is 10.3. The van der Waals surface area contributed by atoms with E-state index >= 15 is 0 Å². The van der Waals surface area contributed by atoms with Crippen LogP contribution in [0.3, 0.4) is 0 Å². The van der Waals surface area contributed by atoms with E-state index in [0.717, 1.165) is 21.7 Å². The fraction of sp³-hybridized carbons (Fsp3) is 0.231. The molecule has 31 heavy (non-hydrogen) atoms. The van der Waals surface area contributed by atoms with Crippen LogP contribution in [0.2, 0.25) is 0 Å². The van der Waals surface area contributed by atoms with Crippen molar-refractivity contribution in [1.29, 1.82) is 0 Å². The molecule has 5 nitrogen and oxygen atoms in total. The number of rotatable bonds is 3. The Morgan fingerprint density at radius 2 is 1.52 bits per heavy atom. The molecule has 0 saturated carbocycles. The van der Waals surface area contributed by atoms with E-state index in [2.05, 4.69) is 5.32 Å². The zero-order valence-electron chi connectivity index (χ0n) is 18.2. The molecule has 0 saturated heterocycles. The fourth-order valence-corrected chi connectivity index (χ4v) is 3.88. The van der Waals surface area contributed by atoms with E-state index in [1.807, 2.05) is 79.7 Å². The van der Waals surface area contributed by atoms with Gasteiger partial charge in [-0.05, 0) is 51.5 Å². The second-order valence-corrected chi connectivity index (χ2v) is 8.75. The Morgan fingerprint density at radius 3 is 2.16 bits per heavy atom. The molecule has 4 rings (SSSR count). The first-order valence-corrected chi connectivity index (χ1v) is 10.3. The molecule has 3 aromatic carbocycles. The average molecular weight is 415 g/mol. The minimum absolute atomic E-state index is 0.393. The highest BCUT2D eigenvalue weighted by Crippen LogP contribution is 2.47. The van der Waals surface area contributed by atoms with E-state index < -0.39 is 23.1 Å². The van der Waals surface area contributed by atoms with Crippen LogP contribution < -0.4 is 10.2 Å². The largest absolute Gasteiger partial charge is 0.443 e. The van der Waals surface area contributed by atoms with Crippen molar-refractivity contribution in [1.82, 2.24) is 0 Å². The van der Waals surface area contributed by atoms with Gasteiger partial charge in [0.05, 0.1) is 5.69 Å². The number of hydrogen-bond donors (Lipinski definition) is 1. The summed E-state index contributed by atoms with van der Waals surface area (Å²) in [5.41, 5.74) is 1.85. The van der Waals surface area contributed by atoms with Gasteiger partial charge in [0.2, 0.25) is 0 Å². The van der Waals surface area contributed by atoms with Crippen LogP contribution >= 0.6 is 0 Å². The first-order chi connectivity index (χ1) is 14.7. The summed E-state index contributed by atoms with van der Waals surface area (Å²) in [5.74, 6) is -0.393. The number of amides is 2. The van der Waals surface area contributed by atoms with E-state index in [4.69, 9.17) is 4.74 Å². The summed E-state index contributed by atoms with van der Waals surface area (Å²) < 4.78 is 5.59. The van der Waals surface area contributed by atoms with Crippen LogP contribution in [-0.2, 0) is 15.1 Å². The molecule has 0 bridgehead atoms. The average Bonchev–Trinajstić information content (AvgIpc) is 2.97. The molecular formula is C26H26N2O3. The molecule has 1 heterocycles. The molecule has 0 aliphatic carbocycles. The van der Waals surface area contributed by atoms with Crippen molar-refractivity contribution < 1.29 is 14.3 Å². The predicted molar refractivity (Wildman–Crippen MR) is 122 cm³/mol. The highest BCUT2D eigenvalue weighted by Gasteiger charge is 2.55. The molecule has 5 heteroatoms. The highest BCUT2D eigenvalue weighted by atomic mass is 16.6. The Balaban J connectivity index is 1.93. The van der Waals surface area contributed by atoms with Gasteiger partial charge in [-0.3, -0.25) is 4.79 Å². The number of ether oxygens (including phenoxy) is 1. The minimum Gasteiger partial charge on any atom is -0.443 e. The monoisotopic (exact) mass is 414 g/mol. The lowest BCUT2D eigenvalue weighted by Gasteiger charge is -2.32. The molecule has 2 amide bonds. The molecule has 1 atom stereocenters. The van der Waals surface area contributed by atoms with Gasteiger partial charge in [-0.2, -0.15) is 0 Å². The van der Waals surface area contributed by atoms with Gasteiger partial charge >= 0.3 is 6.09 Å². The van der Waals surface area contributed by atoms with Gasteiger partial charge in [-0.1, -0.05) is 66.2 Å². The summed E-state index contributed by atoms with van der Waals surface area (Å²) in [6.45, 7) is 7.35. The van der Waals surface area contributed by atoms with Gasteiger partial charge in [0.25, 0.3) is 5.91 Å². The molecule has 3 aromatic rings. The molecule has 0 radical (unpaired) electrons. The van der Waals surface area contributed by atoms with Crippen molar-refractivity contribution in [2.45, 2.75) is 38.8 Å². The second kappa shape index (κ2) is 7.58. The zero-order valence-corrected chi connectivity index (χ0v) is 18.2. The molecule has 1 N–H and O–H groups in total. The maximum Gasteiger partial charge on any atom is 0.421 e. The van der Waals surface area contributed by atoms with Crippen molar-refractivity contribution in [2.75, 3.05) is 10.2 Å². The standard InChI is InChI=1S/C26H26N2O3/c1-18-14-16-19(17-15-18)26(27-20-10-6-5-7-11-20)21-12-8-9-13-22(21)28(23(26)29)24(30)31-25(2,3)4/h5-17,27H,1-4H3/t26-/m1/s1. The number of fused-ring (bicyclic) bond motifs is 1. The summed E-state index contributed by atoms with van der Waals surface area (Å²) in [7, 11) is 0. The van der Waals surface area contributed by atoms with Crippen LogP contribution in [-0.4, -0.2) is 17.6 Å². The minimum atomic E-state index is -1.26. The SMILES string of the molecule is Cc1ccc([C@]2(Nc3ccccc3)C(=O)N(C(=O)OC(C)(C)C)c3ccccc32)cc1. The van der Waals surface area contributed by atoms with Crippen LogP contribution in [0.5, 0.6) is 0 Å². The normalized spacial score (nSPS) is 17.9. The van der Waals surface area contributed by atoms with Crippen LogP contribution in [0.1, 0.15) is 37.5 Å². The van der Waals surface area contributed by atoms with Gasteiger partial charge in [0, 0.05) is 11.3 Å². The lowest BCUT2D eigenvalue weighted by molar-refractivity contribution is -0.120. The molecule has 0 aromatic heterocycles. The Hall–Kier alpha value is -3.60. The summed E-state index contributed by atoms with van der Waals surface area (Å²) in [6, 6.07) is 24.7. The topological polar surface area (TPSA) is 58.6 Å². The third-order valence-corrected chi connectivity index (χ3v) is 5.24. The Kier molecular flexibility index (Phi) is 5.05. The Labute approximate surface area is 182 Å². The third-order valence-electron chi connectivity index (χ3n) is 5.24. The lowest BCUT2D eigenvalue weighted by Crippen LogP contribution is -2.49. The molecule has 0 unspecified atom stereocenters. The number of nitrogens with zero attached hydrogens (tertiary/aromatic N) is 1. The number of benzene rings is 3. The summed E-state index contributed by atoms with van der Waals surface area (Å²) in [4.78, 5) is 28.3. The number of carbonyl (C=O) groups excluding carboxylic acids is 2. The number of aryl methyl sites for hydroxylation is 1. The van der Waals surface area contributed by atoms with Crippen molar-refractivity contribution in [3.8, 4) is 0 Å². The zero-order chi connectivity index (χ0) is 22.2. The predicted octanol–water partition coefficient (Wildman–Crippen LogP) is 5.63. The summed E-state index contributed by atoms with van der Waals surface area (Å²) in [6.07, 6.45) is -0.686. The molecule has 1 aliphatic heterocycles. The third kappa shape index (κ3) is 3.67. The molecule has 158 valence electrons. The summed E-state index contributed by atoms with van der Waals surface area (Å²) in [5, 5.41) is 3.44. The number of carbonyl (C=O) groups is 2. The Morgan fingerprint density at radius 1 is 0.903 bits per heavy atom. The van der Waals surface area contributed by atoms with E-state index in [1.54, 1.807) is 26.8 Å². The van der Waals surface area contributed by atoms with Crippen molar-refractivity contribution in [2.24, 2.45) is 0 Å². The Bertz CT molecular complexity index is 1120. The number of para-hydroxylation sites is 2. The smallest absolute Gasteiger partial charge is 0.421 e. The van der Waals surface area contributed by atoms with Crippen molar-refractivity contribution in [3.05, 3.63) is 95.6 Å². The molecule has 1 aliphatic rings. The van der Waals surface area contributed by atoms with E-state index in [9.17, 15) is 9.59 Å². The first kappa shape index (κ1) is 20.7. The molecule has 0 fully saturated rings. The van der Waals surface area contributed by atoms with Crippen LogP contribution in [0, 0.1) is 6.92 Å². The fourth-order valence-electron chi connectivity index (χ4n) is 3.88. The van der Waals surface area contributed by atoms with Crippen LogP contribution in [0.15, 0.2) is 78.9 Å². The number of hydrogen-bond acceptors (Lipinski definition) is 4. The number of nitrogens with one attached hydrogen (secondary N) is 1. The van der Waals surface area contributed by atoms with Gasteiger partial charge < -0.3 is 10.1 Å². The van der Waals surface area contributed by atoms with Gasteiger partial charge in [-0.25, -0.2) is 9.69 Å².